The molecule has 5 rings (SSSR count). The van der Waals surface area contributed by atoms with E-state index in [2.05, 4.69) is 15.4 Å². The van der Waals surface area contributed by atoms with E-state index < -0.39 is 11.6 Å². The second kappa shape index (κ2) is 5.95. The molecule has 7 heteroatoms. The van der Waals surface area contributed by atoms with Gasteiger partial charge in [0, 0.05) is 23.2 Å². The fraction of sp³-hybridized carbons (Fsp3) is 0.286. The molecule has 28 heavy (non-hydrogen) atoms. The molecule has 0 bridgehead atoms. The number of amides is 1. The van der Waals surface area contributed by atoms with Gasteiger partial charge in [-0.2, -0.15) is 5.10 Å². The molecule has 1 aromatic carbocycles. The molecule has 142 valence electrons. The van der Waals surface area contributed by atoms with E-state index >= 15 is 0 Å². The number of rotatable bonds is 3. The smallest absolute Gasteiger partial charge is 0.277 e. The molecule has 1 amide bonds. The van der Waals surface area contributed by atoms with Crippen LogP contribution in [0.4, 0.5) is 14.6 Å². The summed E-state index contributed by atoms with van der Waals surface area (Å²) in [5.74, 6) is -0.481. The molecule has 1 fully saturated rings. The van der Waals surface area contributed by atoms with Gasteiger partial charge < -0.3 is 5.32 Å². The minimum Gasteiger partial charge on any atom is -0.305 e. The van der Waals surface area contributed by atoms with Crippen LogP contribution in [0.15, 0.2) is 30.3 Å². The molecule has 2 atom stereocenters. The van der Waals surface area contributed by atoms with Gasteiger partial charge in [-0.05, 0) is 62.4 Å². The van der Waals surface area contributed by atoms with Crippen LogP contribution in [0.5, 0.6) is 0 Å². The lowest BCUT2D eigenvalue weighted by Crippen LogP contribution is -2.16. The molecule has 3 aromatic rings. The molecular weight excluding hydrogens is 362 g/mol. The van der Waals surface area contributed by atoms with Crippen molar-refractivity contribution in [3.8, 4) is 5.69 Å². The maximum absolute atomic E-state index is 14.4. The van der Waals surface area contributed by atoms with Crippen molar-refractivity contribution in [3.05, 3.63) is 70.2 Å². The van der Waals surface area contributed by atoms with Crippen molar-refractivity contribution in [2.75, 3.05) is 5.32 Å². The third-order valence-corrected chi connectivity index (χ3v) is 5.46. The minimum absolute atomic E-state index is 0.161. The van der Waals surface area contributed by atoms with Crippen LogP contribution < -0.4 is 5.32 Å². The number of nitrogens with one attached hydrogen (secondary N) is 1. The van der Waals surface area contributed by atoms with E-state index in [9.17, 15) is 13.6 Å². The molecule has 0 radical (unpaired) electrons. The van der Waals surface area contributed by atoms with Gasteiger partial charge in [-0.1, -0.05) is 0 Å². The number of anilines is 1. The Hall–Kier alpha value is -3.09. The molecule has 1 saturated carbocycles. The summed E-state index contributed by atoms with van der Waals surface area (Å²) >= 11 is 0. The predicted octanol–water partition coefficient (Wildman–Crippen LogP) is 4.07. The topological polar surface area (TPSA) is 59.8 Å². The van der Waals surface area contributed by atoms with Gasteiger partial charge in [0.05, 0.1) is 5.69 Å². The van der Waals surface area contributed by atoms with E-state index in [4.69, 9.17) is 0 Å². The number of benzene rings is 1. The Kier molecular flexibility index (Phi) is 3.62. The summed E-state index contributed by atoms with van der Waals surface area (Å²) in [5, 5.41) is 7.23. The van der Waals surface area contributed by atoms with Gasteiger partial charge in [0.15, 0.2) is 11.5 Å². The van der Waals surface area contributed by atoms with Crippen LogP contribution >= 0.6 is 0 Å². The third kappa shape index (κ3) is 2.69. The van der Waals surface area contributed by atoms with E-state index in [0.29, 0.717) is 11.7 Å². The zero-order chi connectivity index (χ0) is 19.6. The first-order chi connectivity index (χ1) is 13.4. The first-order valence-corrected chi connectivity index (χ1v) is 9.24. The highest BCUT2D eigenvalue weighted by Crippen LogP contribution is 2.57. The molecule has 2 aromatic heterocycles. The summed E-state index contributed by atoms with van der Waals surface area (Å²) in [5.41, 5.74) is 3.97. The Morgan fingerprint density at radius 3 is 2.79 bits per heavy atom. The number of carbonyl (C=O) groups is 1. The minimum atomic E-state index is -0.697. The Morgan fingerprint density at radius 2 is 2.04 bits per heavy atom. The number of hydrogen-bond donors (Lipinski definition) is 1. The maximum Gasteiger partial charge on any atom is 0.277 e. The number of pyridine rings is 1. The number of fused-ring (bicyclic) bond motifs is 3. The van der Waals surface area contributed by atoms with Crippen LogP contribution in [0.1, 0.15) is 45.3 Å². The van der Waals surface area contributed by atoms with Crippen LogP contribution in [0.25, 0.3) is 5.69 Å². The lowest BCUT2D eigenvalue weighted by molar-refractivity contribution is 0.102. The first kappa shape index (κ1) is 17.0. The van der Waals surface area contributed by atoms with Gasteiger partial charge in [0.25, 0.3) is 5.91 Å². The van der Waals surface area contributed by atoms with Crippen LogP contribution in [0, 0.1) is 31.4 Å². The quantitative estimate of drug-likeness (QED) is 0.745. The van der Waals surface area contributed by atoms with Crippen molar-refractivity contribution in [2.45, 2.75) is 32.6 Å². The molecule has 0 spiro atoms. The lowest BCUT2D eigenvalue weighted by atomic mass is 10.1. The molecule has 2 aliphatic carbocycles. The Balaban J connectivity index is 1.56. The molecule has 1 N–H and O–H groups in total. The fourth-order valence-electron chi connectivity index (χ4n) is 4.22. The summed E-state index contributed by atoms with van der Waals surface area (Å²) in [7, 11) is 0. The molecule has 0 saturated heterocycles. The van der Waals surface area contributed by atoms with Gasteiger partial charge >= 0.3 is 0 Å². The van der Waals surface area contributed by atoms with Gasteiger partial charge in [-0.3, -0.25) is 4.79 Å². The predicted molar refractivity (Wildman–Crippen MR) is 99.7 cm³/mol. The summed E-state index contributed by atoms with van der Waals surface area (Å²) in [6.45, 7) is 3.79. The fourth-order valence-corrected chi connectivity index (χ4v) is 4.22. The zero-order valence-corrected chi connectivity index (χ0v) is 15.5. The van der Waals surface area contributed by atoms with E-state index in [1.165, 1.54) is 16.8 Å². The van der Waals surface area contributed by atoms with Crippen LogP contribution in [-0.2, 0) is 6.42 Å². The summed E-state index contributed by atoms with van der Waals surface area (Å²) < 4.78 is 29.2. The van der Waals surface area contributed by atoms with Crippen molar-refractivity contribution >= 4 is 11.7 Å². The maximum atomic E-state index is 14.4. The third-order valence-electron chi connectivity index (χ3n) is 5.46. The SMILES string of the molecule is Cc1cc(C)nc(NC(=O)c2nn(-c3ccc(F)cc3F)c3c2C[C@H]2C[C@@H]32)c1. The number of hydrogen-bond acceptors (Lipinski definition) is 3. The van der Waals surface area contributed by atoms with Gasteiger partial charge in [0.1, 0.15) is 17.3 Å². The van der Waals surface area contributed by atoms with Gasteiger partial charge in [-0.25, -0.2) is 18.4 Å². The number of halogens is 2. The van der Waals surface area contributed by atoms with Crippen molar-refractivity contribution < 1.29 is 13.6 Å². The molecule has 2 heterocycles. The molecule has 0 aliphatic heterocycles. The lowest BCUT2D eigenvalue weighted by Gasteiger charge is -2.07. The first-order valence-electron chi connectivity index (χ1n) is 9.24. The molecule has 5 nitrogen and oxygen atoms in total. The van der Waals surface area contributed by atoms with Crippen molar-refractivity contribution in [2.24, 2.45) is 5.92 Å². The van der Waals surface area contributed by atoms with E-state index in [-0.39, 0.29) is 23.2 Å². The Morgan fingerprint density at radius 1 is 1.21 bits per heavy atom. The largest absolute Gasteiger partial charge is 0.305 e. The second-order valence-electron chi connectivity index (χ2n) is 7.65. The van der Waals surface area contributed by atoms with E-state index in [1.807, 2.05) is 19.9 Å². The van der Waals surface area contributed by atoms with E-state index in [1.54, 1.807) is 6.07 Å². The molecule has 0 unspecified atom stereocenters. The molecule has 2 aliphatic rings. The highest BCUT2D eigenvalue weighted by Gasteiger charge is 2.50. The zero-order valence-electron chi connectivity index (χ0n) is 15.5. The number of carbonyl (C=O) groups excluding carboxylic acids is 1. The monoisotopic (exact) mass is 380 g/mol. The van der Waals surface area contributed by atoms with Crippen molar-refractivity contribution in [1.82, 2.24) is 14.8 Å². The number of nitrogens with zero attached hydrogens (tertiary/aromatic N) is 3. The summed E-state index contributed by atoms with van der Waals surface area (Å²) in [4.78, 5) is 17.3. The second-order valence-corrected chi connectivity index (χ2v) is 7.65. The van der Waals surface area contributed by atoms with Crippen LogP contribution in [-0.4, -0.2) is 20.7 Å². The number of aryl methyl sites for hydroxylation is 2. The van der Waals surface area contributed by atoms with Crippen molar-refractivity contribution in [1.29, 1.82) is 0 Å². The molecular formula is C21H18F2N4O. The Labute approximate surface area is 160 Å². The highest BCUT2D eigenvalue weighted by atomic mass is 19.1. The normalized spacial score (nSPS) is 19.3. The number of aromatic nitrogens is 3. The van der Waals surface area contributed by atoms with Crippen LogP contribution in [0.2, 0.25) is 0 Å². The van der Waals surface area contributed by atoms with Crippen molar-refractivity contribution in [3.63, 3.8) is 0 Å². The standard InChI is InChI=1S/C21H18F2N4O/c1-10-5-11(2)24-18(6-10)25-21(28)19-15-8-12-7-14(12)20(15)27(26-19)17-4-3-13(22)9-16(17)23/h3-6,9,12,14H,7-8H2,1-2H3,(H,24,25,28)/t12-,14-/m1/s1. The Bertz CT molecular complexity index is 1120. The summed E-state index contributed by atoms with van der Waals surface area (Å²) in [6.07, 6.45) is 1.77. The average molecular weight is 380 g/mol. The van der Waals surface area contributed by atoms with E-state index in [0.717, 1.165) is 41.4 Å². The average Bonchev–Trinajstić information content (AvgIpc) is 3.11. The van der Waals surface area contributed by atoms with Gasteiger partial charge in [-0.15, -0.1) is 0 Å². The highest BCUT2D eigenvalue weighted by molar-refractivity contribution is 6.04. The summed E-state index contributed by atoms with van der Waals surface area (Å²) in [6, 6.07) is 7.11. The van der Waals surface area contributed by atoms with Crippen LogP contribution in [0.3, 0.4) is 0 Å². The van der Waals surface area contributed by atoms with Gasteiger partial charge in [0.2, 0.25) is 0 Å².